The molecule has 0 atom stereocenters. The summed E-state index contributed by atoms with van der Waals surface area (Å²) in [6.45, 7) is 9.98. The number of hydrogen-bond acceptors (Lipinski definition) is 3. The molecule has 5 heteroatoms. The molecule has 0 aromatic heterocycles. The van der Waals surface area contributed by atoms with E-state index in [0.717, 1.165) is 95.3 Å². The molecule has 0 spiro atoms. The first-order valence-corrected chi connectivity index (χ1v) is 12.2. The Morgan fingerprint density at radius 1 is 1.18 bits per heavy atom. The highest BCUT2D eigenvalue weighted by Crippen LogP contribution is 2.43. The summed E-state index contributed by atoms with van der Waals surface area (Å²) >= 11 is 0. The van der Waals surface area contributed by atoms with Crippen LogP contribution in [0.3, 0.4) is 0 Å². The minimum absolute atomic E-state index is 0.0208. The van der Waals surface area contributed by atoms with E-state index in [9.17, 15) is 9.59 Å². The predicted octanol–water partition coefficient (Wildman–Crippen LogP) is 5.39. The lowest BCUT2D eigenvalue weighted by atomic mass is 9.79. The van der Waals surface area contributed by atoms with Crippen molar-refractivity contribution >= 4 is 23.1 Å². The van der Waals surface area contributed by atoms with E-state index in [1.807, 2.05) is 26.2 Å². The van der Waals surface area contributed by atoms with Crippen LogP contribution < -0.4 is 10.6 Å². The molecule has 2 aliphatic rings. The lowest BCUT2D eigenvalue weighted by Crippen LogP contribution is -2.30. The van der Waals surface area contributed by atoms with Gasteiger partial charge in [-0.1, -0.05) is 30.5 Å². The number of carbonyl (C=O) groups is 2. The van der Waals surface area contributed by atoms with Gasteiger partial charge in [0.05, 0.1) is 5.57 Å². The lowest BCUT2D eigenvalue weighted by Gasteiger charge is -2.25. The van der Waals surface area contributed by atoms with Crippen molar-refractivity contribution in [1.29, 1.82) is 0 Å². The Morgan fingerprint density at radius 3 is 2.64 bits per heavy atom. The molecular formula is C28H39N3O2. The molecule has 1 aliphatic carbocycles. The van der Waals surface area contributed by atoms with E-state index >= 15 is 0 Å². The van der Waals surface area contributed by atoms with Crippen molar-refractivity contribution in [2.75, 3.05) is 32.5 Å². The molecule has 1 aromatic rings. The highest BCUT2D eigenvalue weighted by atomic mass is 16.2. The molecule has 2 N–H and O–H groups in total. The minimum Gasteiger partial charge on any atom is -0.352 e. The Kier molecular flexibility index (Phi) is 8.30. The van der Waals surface area contributed by atoms with Gasteiger partial charge in [-0.05, 0) is 102 Å². The van der Waals surface area contributed by atoms with E-state index in [2.05, 4.69) is 49.3 Å². The summed E-state index contributed by atoms with van der Waals surface area (Å²) in [5, 5.41) is 6.19. The number of nitrogens with one attached hydrogen (secondary N) is 2. The van der Waals surface area contributed by atoms with Crippen molar-refractivity contribution in [2.45, 2.75) is 66.2 Å². The molecule has 1 heterocycles. The summed E-state index contributed by atoms with van der Waals surface area (Å²) in [4.78, 5) is 28.5. The van der Waals surface area contributed by atoms with Crippen LogP contribution in [0.1, 0.15) is 70.4 Å². The number of carbonyl (C=O) groups excluding carboxylic acids is 2. The molecule has 0 unspecified atom stereocenters. The van der Waals surface area contributed by atoms with Crippen LogP contribution in [0.4, 0.5) is 5.69 Å². The number of hydrogen-bond donors (Lipinski definition) is 2. The number of fused-ring (bicyclic) bond motifs is 1. The van der Waals surface area contributed by atoms with Crippen LogP contribution in [0.25, 0.3) is 5.57 Å². The zero-order chi connectivity index (χ0) is 24.1. The van der Waals surface area contributed by atoms with Crippen LogP contribution in [0.5, 0.6) is 0 Å². The molecule has 0 bridgehead atoms. The Morgan fingerprint density at radius 2 is 1.94 bits per heavy atom. The molecule has 0 fully saturated rings. The molecule has 3 rings (SSSR count). The molecule has 5 nitrogen and oxygen atoms in total. The first-order valence-electron chi connectivity index (χ1n) is 12.2. The molecule has 33 heavy (non-hydrogen) atoms. The molecular weight excluding hydrogens is 410 g/mol. The van der Waals surface area contributed by atoms with Crippen molar-refractivity contribution in [2.24, 2.45) is 0 Å². The van der Waals surface area contributed by atoms with Crippen LogP contribution >= 0.6 is 0 Å². The highest BCUT2D eigenvalue weighted by molar-refractivity contribution is 6.32. The summed E-state index contributed by atoms with van der Waals surface area (Å²) in [5.74, 6) is -0.0115. The normalized spacial score (nSPS) is 18.9. The van der Waals surface area contributed by atoms with Crippen molar-refractivity contribution in [3.63, 3.8) is 0 Å². The smallest absolute Gasteiger partial charge is 0.256 e. The van der Waals surface area contributed by atoms with Gasteiger partial charge in [-0.2, -0.15) is 0 Å². The van der Waals surface area contributed by atoms with Gasteiger partial charge < -0.3 is 15.5 Å². The third-order valence-corrected chi connectivity index (χ3v) is 6.63. The van der Waals surface area contributed by atoms with Crippen LogP contribution in [0.2, 0.25) is 0 Å². The van der Waals surface area contributed by atoms with E-state index in [4.69, 9.17) is 0 Å². The lowest BCUT2D eigenvalue weighted by molar-refractivity contribution is -0.117. The van der Waals surface area contributed by atoms with Crippen LogP contribution in [-0.4, -0.2) is 43.9 Å². The standard InChI is InChI=1S/C28H39N3O2/c1-7-10-19(3)25(27(32)29-15-9-16-31(5)6)21-11-8-12-22(20(21)4)26-23-17-18(2)13-14-24(23)30-28(26)33/h13-14,17H,7-12,15-16H2,1-6H3,(H,29,32)(H,30,33)/b25-19+,26-22-. The van der Waals surface area contributed by atoms with E-state index in [-0.39, 0.29) is 11.8 Å². The number of benzene rings is 1. The van der Waals surface area contributed by atoms with Gasteiger partial charge in [0.1, 0.15) is 0 Å². The van der Waals surface area contributed by atoms with Gasteiger partial charge in [0, 0.05) is 23.4 Å². The summed E-state index contributed by atoms with van der Waals surface area (Å²) in [5.41, 5.74) is 9.03. The van der Waals surface area contributed by atoms with Crippen molar-refractivity contribution in [3.05, 3.63) is 57.2 Å². The van der Waals surface area contributed by atoms with Gasteiger partial charge in [0.25, 0.3) is 11.8 Å². The maximum absolute atomic E-state index is 13.4. The van der Waals surface area contributed by atoms with Gasteiger partial charge in [-0.3, -0.25) is 9.59 Å². The molecule has 0 saturated heterocycles. The third kappa shape index (κ3) is 5.64. The van der Waals surface area contributed by atoms with Gasteiger partial charge >= 0.3 is 0 Å². The Labute approximate surface area is 199 Å². The fraction of sp³-hybridized carbons (Fsp3) is 0.500. The summed E-state index contributed by atoms with van der Waals surface area (Å²) in [6, 6.07) is 6.10. The van der Waals surface area contributed by atoms with Crippen molar-refractivity contribution in [3.8, 4) is 0 Å². The SMILES string of the molecule is CCC/C(C)=C(/C(=O)NCCCN(C)C)C1=C(C)/C(=C2\C(=O)Nc3ccc(C)cc32)CCC1. The Hall–Kier alpha value is -2.66. The number of anilines is 1. The third-order valence-electron chi connectivity index (χ3n) is 6.63. The number of nitrogens with zero attached hydrogens (tertiary/aromatic N) is 1. The molecule has 1 aromatic carbocycles. The van der Waals surface area contributed by atoms with E-state index < -0.39 is 0 Å². The minimum atomic E-state index is -0.0323. The molecule has 0 radical (unpaired) electrons. The largest absolute Gasteiger partial charge is 0.352 e. The fourth-order valence-corrected chi connectivity index (χ4v) is 4.98. The van der Waals surface area contributed by atoms with Crippen molar-refractivity contribution in [1.82, 2.24) is 10.2 Å². The van der Waals surface area contributed by atoms with Gasteiger partial charge in [0.15, 0.2) is 0 Å². The molecule has 0 saturated carbocycles. The summed E-state index contributed by atoms with van der Waals surface area (Å²) in [7, 11) is 4.09. The maximum atomic E-state index is 13.4. The average Bonchev–Trinajstić information content (AvgIpc) is 3.07. The summed E-state index contributed by atoms with van der Waals surface area (Å²) < 4.78 is 0. The van der Waals surface area contributed by atoms with E-state index in [0.29, 0.717) is 6.54 Å². The molecule has 1 aliphatic heterocycles. The Balaban J connectivity index is 2.03. The topological polar surface area (TPSA) is 61.4 Å². The second kappa shape index (κ2) is 11.0. The highest BCUT2D eigenvalue weighted by Gasteiger charge is 2.31. The zero-order valence-electron chi connectivity index (χ0n) is 21.2. The first kappa shape index (κ1) is 25.0. The second-order valence-corrected chi connectivity index (χ2v) is 9.63. The quantitative estimate of drug-likeness (QED) is 0.413. The molecule has 2 amide bonds. The first-order chi connectivity index (χ1) is 15.7. The second-order valence-electron chi connectivity index (χ2n) is 9.63. The number of aryl methyl sites for hydroxylation is 1. The maximum Gasteiger partial charge on any atom is 0.256 e. The monoisotopic (exact) mass is 449 g/mol. The van der Waals surface area contributed by atoms with E-state index in [1.165, 1.54) is 0 Å². The van der Waals surface area contributed by atoms with Crippen LogP contribution in [-0.2, 0) is 9.59 Å². The Bertz CT molecular complexity index is 1030. The number of rotatable bonds is 8. The van der Waals surface area contributed by atoms with Crippen LogP contribution in [0.15, 0.2) is 46.1 Å². The van der Waals surface area contributed by atoms with Gasteiger partial charge in [-0.15, -0.1) is 0 Å². The molecule has 178 valence electrons. The van der Waals surface area contributed by atoms with E-state index in [1.54, 1.807) is 0 Å². The summed E-state index contributed by atoms with van der Waals surface area (Å²) in [6.07, 6.45) is 5.48. The fourth-order valence-electron chi connectivity index (χ4n) is 4.98. The number of amides is 2. The number of allylic oxidation sites excluding steroid dienone is 3. The zero-order valence-corrected chi connectivity index (χ0v) is 21.2. The van der Waals surface area contributed by atoms with Crippen molar-refractivity contribution < 1.29 is 9.59 Å². The van der Waals surface area contributed by atoms with Gasteiger partial charge in [-0.25, -0.2) is 0 Å². The average molecular weight is 450 g/mol. The van der Waals surface area contributed by atoms with Crippen LogP contribution in [0, 0.1) is 6.92 Å². The van der Waals surface area contributed by atoms with Gasteiger partial charge in [0.2, 0.25) is 0 Å². The predicted molar refractivity (Wildman–Crippen MR) is 137 cm³/mol.